The molecule has 37 heavy (non-hydrogen) atoms. The van der Waals surface area contributed by atoms with E-state index in [1.54, 1.807) is 12.4 Å². The average Bonchev–Trinajstić information content (AvgIpc) is 3.45. The lowest BCUT2D eigenvalue weighted by atomic mass is 10.0. The number of rotatable bonds is 4. The first-order valence-corrected chi connectivity index (χ1v) is 12.3. The molecule has 7 rings (SSSR count). The molecule has 4 aromatic carbocycles. The molecule has 0 saturated carbocycles. The molecule has 0 aliphatic heterocycles. The highest BCUT2D eigenvalue weighted by Crippen LogP contribution is 2.35. The molecular formula is C32H24N4O. The molecule has 5 heteroatoms. The van der Waals surface area contributed by atoms with Gasteiger partial charge >= 0.3 is 0 Å². The SMILES string of the molecule is Cc1cc(Nc2ccccc2-n2c(C)nc3ccccc32)cc(-c2ccc3oc4cnccc4c3c2)c1. The lowest BCUT2D eigenvalue weighted by Gasteiger charge is -2.16. The predicted octanol–water partition coefficient (Wildman–Crippen LogP) is 8.35. The fraction of sp³-hybridized carbons (Fsp3) is 0.0625. The monoisotopic (exact) mass is 480 g/mol. The highest BCUT2D eigenvalue weighted by Gasteiger charge is 2.13. The number of para-hydroxylation sites is 4. The Morgan fingerprint density at radius 3 is 2.57 bits per heavy atom. The summed E-state index contributed by atoms with van der Waals surface area (Å²) in [6, 6.07) is 31.6. The first-order chi connectivity index (χ1) is 18.1. The van der Waals surface area contributed by atoms with E-state index in [9.17, 15) is 0 Å². The van der Waals surface area contributed by atoms with E-state index in [1.807, 2.05) is 25.1 Å². The number of nitrogens with one attached hydrogen (secondary N) is 1. The predicted molar refractivity (Wildman–Crippen MR) is 151 cm³/mol. The lowest BCUT2D eigenvalue weighted by molar-refractivity contribution is 0.667. The number of anilines is 2. The number of aryl methyl sites for hydroxylation is 2. The fourth-order valence-electron chi connectivity index (χ4n) is 5.21. The van der Waals surface area contributed by atoms with Gasteiger partial charge in [-0.2, -0.15) is 0 Å². The largest absolute Gasteiger partial charge is 0.454 e. The standard InChI is InChI=1S/C32H24N4O/c1-20-15-23(22-11-12-31-26(18-22)25-13-14-33-19-32(25)37-31)17-24(16-20)35-28-8-4-6-10-30(28)36-21(2)34-27-7-3-5-9-29(27)36/h3-19,35H,1-2H3. The molecule has 0 fully saturated rings. The maximum atomic E-state index is 5.98. The Bertz CT molecular complexity index is 1950. The van der Waals surface area contributed by atoms with Gasteiger partial charge in [0, 0.05) is 22.7 Å². The Labute approximate surface area is 214 Å². The van der Waals surface area contributed by atoms with Crippen LogP contribution in [0.25, 0.3) is 49.8 Å². The van der Waals surface area contributed by atoms with Crippen molar-refractivity contribution in [1.29, 1.82) is 0 Å². The molecule has 0 amide bonds. The maximum Gasteiger partial charge on any atom is 0.153 e. The number of fused-ring (bicyclic) bond motifs is 4. The Hall–Kier alpha value is -4.90. The van der Waals surface area contributed by atoms with Crippen LogP contribution in [0.1, 0.15) is 11.4 Å². The molecule has 0 radical (unpaired) electrons. The quantitative estimate of drug-likeness (QED) is 0.275. The minimum Gasteiger partial charge on any atom is -0.454 e. The molecule has 0 spiro atoms. The van der Waals surface area contributed by atoms with E-state index in [2.05, 4.69) is 94.6 Å². The summed E-state index contributed by atoms with van der Waals surface area (Å²) in [6.45, 7) is 4.18. The summed E-state index contributed by atoms with van der Waals surface area (Å²) >= 11 is 0. The van der Waals surface area contributed by atoms with Crippen molar-refractivity contribution >= 4 is 44.3 Å². The second-order valence-electron chi connectivity index (χ2n) is 9.40. The van der Waals surface area contributed by atoms with Gasteiger partial charge in [-0.05, 0) is 85.1 Å². The van der Waals surface area contributed by atoms with Crippen LogP contribution >= 0.6 is 0 Å². The number of benzene rings is 4. The van der Waals surface area contributed by atoms with Crippen molar-refractivity contribution in [3.05, 3.63) is 115 Å². The molecule has 0 aliphatic carbocycles. The van der Waals surface area contributed by atoms with E-state index < -0.39 is 0 Å². The number of nitrogens with zero attached hydrogens (tertiary/aromatic N) is 3. The van der Waals surface area contributed by atoms with E-state index in [0.717, 1.165) is 67.0 Å². The topological polar surface area (TPSA) is 55.9 Å². The Kier molecular flexibility index (Phi) is 4.83. The Morgan fingerprint density at radius 2 is 1.62 bits per heavy atom. The summed E-state index contributed by atoms with van der Waals surface area (Å²) in [6.07, 6.45) is 3.58. The van der Waals surface area contributed by atoms with Crippen LogP contribution in [0.15, 0.2) is 108 Å². The minimum absolute atomic E-state index is 0.806. The van der Waals surface area contributed by atoms with Gasteiger partial charge in [0.05, 0.1) is 28.6 Å². The molecule has 3 aromatic heterocycles. The Balaban J connectivity index is 1.31. The van der Waals surface area contributed by atoms with Gasteiger partial charge in [0.15, 0.2) is 5.58 Å². The zero-order valence-electron chi connectivity index (χ0n) is 20.6. The van der Waals surface area contributed by atoms with Crippen molar-refractivity contribution in [2.45, 2.75) is 13.8 Å². The van der Waals surface area contributed by atoms with E-state index >= 15 is 0 Å². The molecule has 5 nitrogen and oxygen atoms in total. The summed E-state index contributed by atoms with van der Waals surface area (Å²) in [5.74, 6) is 0.955. The van der Waals surface area contributed by atoms with Gasteiger partial charge in [-0.15, -0.1) is 0 Å². The van der Waals surface area contributed by atoms with Crippen molar-refractivity contribution in [2.75, 3.05) is 5.32 Å². The van der Waals surface area contributed by atoms with Crippen LogP contribution in [-0.2, 0) is 0 Å². The van der Waals surface area contributed by atoms with E-state index in [4.69, 9.17) is 9.40 Å². The molecule has 0 atom stereocenters. The van der Waals surface area contributed by atoms with Crippen molar-refractivity contribution < 1.29 is 4.42 Å². The van der Waals surface area contributed by atoms with Crippen molar-refractivity contribution in [1.82, 2.24) is 14.5 Å². The van der Waals surface area contributed by atoms with Crippen LogP contribution in [0.4, 0.5) is 11.4 Å². The molecular weight excluding hydrogens is 456 g/mol. The first-order valence-electron chi connectivity index (χ1n) is 12.3. The summed E-state index contributed by atoms with van der Waals surface area (Å²) in [4.78, 5) is 8.96. The number of hydrogen-bond donors (Lipinski definition) is 1. The van der Waals surface area contributed by atoms with E-state index in [1.165, 1.54) is 5.56 Å². The van der Waals surface area contributed by atoms with Gasteiger partial charge < -0.3 is 9.73 Å². The smallest absolute Gasteiger partial charge is 0.153 e. The number of imidazole rings is 1. The van der Waals surface area contributed by atoms with E-state index in [-0.39, 0.29) is 0 Å². The van der Waals surface area contributed by atoms with Crippen LogP contribution in [0.3, 0.4) is 0 Å². The zero-order chi connectivity index (χ0) is 24.9. The normalized spacial score (nSPS) is 11.5. The van der Waals surface area contributed by atoms with Crippen LogP contribution < -0.4 is 5.32 Å². The van der Waals surface area contributed by atoms with Crippen molar-refractivity contribution in [3.8, 4) is 16.8 Å². The third kappa shape index (κ3) is 3.64. The number of aromatic nitrogens is 3. The molecule has 0 unspecified atom stereocenters. The molecule has 0 bridgehead atoms. The number of pyridine rings is 1. The van der Waals surface area contributed by atoms with Crippen molar-refractivity contribution in [3.63, 3.8) is 0 Å². The molecule has 1 N–H and O–H groups in total. The highest BCUT2D eigenvalue weighted by molar-refractivity contribution is 6.06. The Morgan fingerprint density at radius 1 is 0.757 bits per heavy atom. The van der Waals surface area contributed by atoms with Crippen LogP contribution in [0, 0.1) is 13.8 Å². The first kappa shape index (κ1) is 21.4. The van der Waals surface area contributed by atoms with Crippen LogP contribution in [0.2, 0.25) is 0 Å². The highest BCUT2D eigenvalue weighted by atomic mass is 16.3. The molecule has 0 saturated heterocycles. The number of furan rings is 1. The lowest BCUT2D eigenvalue weighted by Crippen LogP contribution is -2.02. The molecule has 0 aliphatic rings. The second kappa shape index (κ2) is 8.35. The van der Waals surface area contributed by atoms with Gasteiger partial charge in [-0.3, -0.25) is 9.55 Å². The molecule has 3 heterocycles. The third-order valence-corrected chi connectivity index (χ3v) is 6.84. The van der Waals surface area contributed by atoms with E-state index in [0.29, 0.717) is 0 Å². The van der Waals surface area contributed by atoms with Crippen LogP contribution in [-0.4, -0.2) is 14.5 Å². The van der Waals surface area contributed by atoms with Gasteiger partial charge in [0.2, 0.25) is 0 Å². The van der Waals surface area contributed by atoms with Crippen molar-refractivity contribution in [2.24, 2.45) is 0 Å². The summed E-state index contributed by atoms with van der Waals surface area (Å²) in [5.41, 5.74) is 10.4. The summed E-state index contributed by atoms with van der Waals surface area (Å²) < 4.78 is 8.19. The van der Waals surface area contributed by atoms with Gasteiger partial charge in [0.1, 0.15) is 11.4 Å². The van der Waals surface area contributed by atoms with Crippen LogP contribution in [0.5, 0.6) is 0 Å². The second-order valence-corrected chi connectivity index (χ2v) is 9.40. The summed E-state index contributed by atoms with van der Waals surface area (Å²) in [5, 5.41) is 5.86. The number of hydrogen-bond acceptors (Lipinski definition) is 4. The van der Waals surface area contributed by atoms with Gasteiger partial charge in [-0.1, -0.05) is 36.4 Å². The van der Waals surface area contributed by atoms with Gasteiger partial charge in [-0.25, -0.2) is 4.98 Å². The average molecular weight is 481 g/mol. The zero-order valence-corrected chi connectivity index (χ0v) is 20.6. The minimum atomic E-state index is 0.806. The maximum absolute atomic E-state index is 5.98. The summed E-state index contributed by atoms with van der Waals surface area (Å²) in [7, 11) is 0. The third-order valence-electron chi connectivity index (χ3n) is 6.84. The van der Waals surface area contributed by atoms with Gasteiger partial charge in [0.25, 0.3) is 0 Å². The fourth-order valence-corrected chi connectivity index (χ4v) is 5.21. The molecule has 178 valence electrons. The molecule has 7 aromatic rings.